The van der Waals surface area contributed by atoms with Crippen molar-refractivity contribution in [2.75, 3.05) is 10.5 Å². The lowest BCUT2D eigenvalue weighted by Gasteiger charge is -2.25. The minimum atomic E-state index is -3.59. The van der Waals surface area contributed by atoms with E-state index in [4.69, 9.17) is 4.74 Å². The molecule has 0 bridgehead atoms. The molecule has 0 amide bonds. The standard InChI is InChI=1S/C21H24N4O4S/c1-3-13-30(27,28)24-19-20(23-17-9-5-4-8-16(17)22-19)29-18(21(2)10-11-21)15-7-6-12-25(26)14-15/h4-9,12,14,18H,3,10-11,13H2,1-2H3,(H,22,24). The smallest absolute Gasteiger partial charge is 0.259 e. The third-order valence-electron chi connectivity index (χ3n) is 5.27. The third-order valence-corrected chi connectivity index (χ3v) is 6.72. The van der Waals surface area contributed by atoms with Gasteiger partial charge in [-0.3, -0.25) is 4.72 Å². The Labute approximate surface area is 175 Å². The second-order valence-corrected chi connectivity index (χ2v) is 9.78. The van der Waals surface area contributed by atoms with Crippen molar-refractivity contribution in [3.8, 4) is 5.88 Å². The van der Waals surface area contributed by atoms with Crippen LogP contribution in [0.25, 0.3) is 11.0 Å². The number of benzene rings is 1. The number of aromatic nitrogens is 3. The summed E-state index contributed by atoms with van der Waals surface area (Å²) < 4.78 is 34.4. The average molecular weight is 429 g/mol. The number of para-hydroxylation sites is 2. The predicted molar refractivity (Wildman–Crippen MR) is 113 cm³/mol. The molecule has 3 aromatic rings. The Morgan fingerprint density at radius 1 is 1.20 bits per heavy atom. The van der Waals surface area contributed by atoms with Gasteiger partial charge in [0.05, 0.1) is 22.3 Å². The number of ether oxygens (including phenoxy) is 1. The van der Waals surface area contributed by atoms with Crippen molar-refractivity contribution >= 4 is 26.9 Å². The first-order valence-electron chi connectivity index (χ1n) is 9.92. The summed E-state index contributed by atoms with van der Waals surface area (Å²) in [7, 11) is -3.59. The van der Waals surface area contributed by atoms with E-state index in [9.17, 15) is 13.6 Å². The van der Waals surface area contributed by atoms with E-state index in [1.54, 1.807) is 25.1 Å². The molecule has 158 valence electrons. The Balaban J connectivity index is 1.78. The molecule has 1 saturated carbocycles. The van der Waals surface area contributed by atoms with Crippen LogP contribution in [0, 0.1) is 10.6 Å². The highest BCUT2D eigenvalue weighted by Gasteiger charge is 2.48. The topological polar surface area (TPSA) is 108 Å². The van der Waals surface area contributed by atoms with Gasteiger partial charge in [-0.1, -0.05) is 26.0 Å². The van der Waals surface area contributed by atoms with Crippen LogP contribution in [0.15, 0.2) is 48.8 Å². The number of hydrogen-bond acceptors (Lipinski definition) is 6. The maximum atomic E-state index is 12.4. The molecule has 1 aliphatic rings. The fraction of sp³-hybridized carbons (Fsp3) is 0.381. The van der Waals surface area contributed by atoms with E-state index in [1.165, 1.54) is 12.4 Å². The summed E-state index contributed by atoms with van der Waals surface area (Å²) in [5, 5.41) is 11.8. The number of nitrogens with one attached hydrogen (secondary N) is 1. The molecule has 2 heterocycles. The van der Waals surface area contributed by atoms with Gasteiger partial charge >= 0.3 is 0 Å². The van der Waals surface area contributed by atoms with Crippen LogP contribution in [0.4, 0.5) is 5.82 Å². The van der Waals surface area contributed by atoms with Crippen molar-refractivity contribution in [1.29, 1.82) is 0 Å². The first-order chi connectivity index (χ1) is 14.3. The summed E-state index contributed by atoms with van der Waals surface area (Å²) in [6, 6.07) is 10.7. The Morgan fingerprint density at radius 2 is 1.90 bits per heavy atom. The van der Waals surface area contributed by atoms with E-state index in [2.05, 4.69) is 21.6 Å². The molecule has 30 heavy (non-hydrogen) atoms. The minimum Gasteiger partial charge on any atom is -0.619 e. The number of fused-ring (bicyclic) bond motifs is 1. The molecular weight excluding hydrogens is 404 g/mol. The monoisotopic (exact) mass is 428 g/mol. The van der Waals surface area contributed by atoms with E-state index < -0.39 is 16.1 Å². The Kier molecular flexibility index (Phi) is 5.23. The molecule has 0 aliphatic heterocycles. The van der Waals surface area contributed by atoms with E-state index in [0.717, 1.165) is 17.6 Å². The molecule has 0 radical (unpaired) electrons. The molecule has 1 N–H and O–H groups in total. The highest BCUT2D eigenvalue weighted by molar-refractivity contribution is 7.92. The third kappa shape index (κ3) is 4.30. The lowest BCUT2D eigenvalue weighted by Crippen LogP contribution is -2.28. The molecule has 2 aromatic heterocycles. The first-order valence-corrected chi connectivity index (χ1v) is 11.6. The number of hydrogen-bond donors (Lipinski definition) is 1. The zero-order valence-corrected chi connectivity index (χ0v) is 17.7. The Morgan fingerprint density at radius 3 is 2.53 bits per heavy atom. The summed E-state index contributed by atoms with van der Waals surface area (Å²) in [5.74, 6) is 0.131. The van der Waals surface area contributed by atoms with Crippen molar-refractivity contribution in [3.63, 3.8) is 0 Å². The van der Waals surface area contributed by atoms with Crippen molar-refractivity contribution < 1.29 is 17.9 Å². The van der Waals surface area contributed by atoms with Gasteiger partial charge in [0.1, 0.15) is 6.10 Å². The number of rotatable bonds is 8. The van der Waals surface area contributed by atoms with E-state index >= 15 is 0 Å². The summed E-state index contributed by atoms with van der Waals surface area (Å²) in [5.41, 5.74) is 1.70. The molecule has 4 rings (SSSR count). The molecule has 9 heteroatoms. The first kappa shape index (κ1) is 20.3. The summed E-state index contributed by atoms with van der Waals surface area (Å²) in [6.45, 7) is 3.87. The van der Waals surface area contributed by atoms with E-state index in [-0.39, 0.29) is 22.9 Å². The lowest BCUT2D eigenvalue weighted by atomic mass is 9.96. The SMILES string of the molecule is CCCS(=O)(=O)Nc1nc2ccccc2nc1OC(c1ccc[n+]([O-])c1)C1(C)CC1. The van der Waals surface area contributed by atoms with Crippen LogP contribution in [0.3, 0.4) is 0 Å². The highest BCUT2D eigenvalue weighted by Crippen LogP contribution is 2.56. The molecule has 1 aliphatic carbocycles. The quantitative estimate of drug-likeness (QED) is 0.435. The fourth-order valence-corrected chi connectivity index (χ4v) is 4.48. The summed E-state index contributed by atoms with van der Waals surface area (Å²) >= 11 is 0. The zero-order chi connectivity index (χ0) is 21.4. The van der Waals surface area contributed by atoms with Crippen LogP contribution < -0.4 is 14.2 Å². The second-order valence-electron chi connectivity index (χ2n) is 7.94. The number of sulfonamides is 1. The Hall–Kier alpha value is -2.94. The minimum absolute atomic E-state index is 0.0308. The van der Waals surface area contributed by atoms with Crippen LogP contribution >= 0.6 is 0 Å². The van der Waals surface area contributed by atoms with E-state index in [1.807, 2.05) is 18.2 Å². The largest absolute Gasteiger partial charge is 0.619 e. The molecule has 0 spiro atoms. The lowest BCUT2D eigenvalue weighted by molar-refractivity contribution is -0.606. The summed E-state index contributed by atoms with van der Waals surface area (Å²) in [4.78, 5) is 9.02. The van der Waals surface area contributed by atoms with Crippen LogP contribution in [0.5, 0.6) is 5.88 Å². The molecule has 0 saturated heterocycles. The van der Waals surface area contributed by atoms with Crippen LogP contribution in [-0.2, 0) is 10.0 Å². The van der Waals surface area contributed by atoms with Gasteiger partial charge < -0.3 is 9.94 Å². The number of anilines is 1. The molecular formula is C21H24N4O4S. The molecule has 8 nitrogen and oxygen atoms in total. The maximum Gasteiger partial charge on any atom is 0.259 e. The normalized spacial score (nSPS) is 16.2. The molecule has 1 atom stereocenters. The van der Waals surface area contributed by atoms with Gasteiger partial charge in [-0.15, -0.1) is 0 Å². The van der Waals surface area contributed by atoms with Gasteiger partial charge in [0, 0.05) is 11.5 Å². The van der Waals surface area contributed by atoms with Crippen LogP contribution in [0.1, 0.15) is 44.8 Å². The van der Waals surface area contributed by atoms with E-state index in [0.29, 0.717) is 23.0 Å². The van der Waals surface area contributed by atoms with Gasteiger partial charge in [-0.05, 0) is 37.5 Å². The van der Waals surface area contributed by atoms with Crippen molar-refractivity contribution in [1.82, 2.24) is 9.97 Å². The van der Waals surface area contributed by atoms with Crippen LogP contribution in [-0.4, -0.2) is 24.1 Å². The molecule has 1 fully saturated rings. The van der Waals surface area contributed by atoms with Gasteiger partial charge in [-0.25, -0.2) is 18.4 Å². The van der Waals surface area contributed by atoms with Crippen LogP contribution in [0.2, 0.25) is 0 Å². The zero-order valence-electron chi connectivity index (χ0n) is 16.9. The number of pyridine rings is 1. The van der Waals surface area contributed by atoms with Gasteiger partial charge in [0.2, 0.25) is 15.8 Å². The van der Waals surface area contributed by atoms with Crippen molar-refractivity contribution in [2.24, 2.45) is 5.41 Å². The van der Waals surface area contributed by atoms with Gasteiger partial charge in [-0.2, -0.15) is 4.73 Å². The molecule has 1 aromatic carbocycles. The number of nitrogens with zero attached hydrogens (tertiary/aromatic N) is 3. The summed E-state index contributed by atoms with van der Waals surface area (Å²) in [6.07, 6.45) is 4.77. The van der Waals surface area contributed by atoms with Crippen molar-refractivity contribution in [3.05, 3.63) is 59.6 Å². The fourth-order valence-electron chi connectivity index (χ4n) is 3.41. The predicted octanol–water partition coefficient (Wildman–Crippen LogP) is 3.34. The van der Waals surface area contributed by atoms with Crippen molar-refractivity contribution in [2.45, 2.75) is 39.2 Å². The molecule has 1 unspecified atom stereocenters. The highest BCUT2D eigenvalue weighted by atomic mass is 32.2. The Bertz CT molecular complexity index is 1180. The second kappa shape index (κ2) is 7.71. The maximum absolute atomic E-state index is 12.4. The van der Waals surface area contributed by atoms with Gasteiger partial charge in [0.15, 0.2) is 12.4 Å². The van der Waals surface area contributed by atoms with Gasteiger partial charge in [0.25, 0.3) is 5.88 Å². The average Bonchev–Trinajstić information content (AvgIpc) is 3.44.